The van der Waals surface area contributed by atoms with Gasteiger partial charge in [0, 0.05) is 11.1 Å². The molecule has 2 nitrogen and oxygen atoms in total. The number of halogens is 3. The highest BCUT2D eigenvalue weighted by molar-refractivity contribution is 6.31. The first kappa shape index (κ1) is 14.6. The fourth-order valence-corrected chi connectivity index (χ4v) is 1.85. The molecular weight excluding hydrogens is 286 g/mol. The summed E-state index contributed by atoms with van der Waals surface area (Å²) in [4.78, 5) is 11.7. The summed E-state index contributed by atoms with van der Waals surface area (Å²) < 4.78 is 31.3. The maximum Gasteiger partial charge on any atom is 0.191 e. The molecule has 0 aromatic heterocycles. The van der Waals surface area contributed by atoms with Crippen LogP contribution in [0.4, 0.5) is 8.78 Å². The maximum atomic E-state index is 13.4. The maximum absolute atomic E-state index is 13.4. The van der Waals surface area contributed by atoms with Crippen LogP contribution in [0.15, 0.2) is 42.5 Å². The van der Waals surface area contributed by atoms with Gasteiger partial charge in [-0.25, -0.2) is 8.78 Å². The summed E-state index contributed by atoms with van der Waals surface area (Å²) in [5.74, 6) is -2.16. The van der Waals surface area contributed by atoms with Gasteiger partial charge in [0.2, 0.25) is 0 Å². The van der Waals surface area contributed by atoms with Gasteiger partial charge in [0.25, 0.3) is 0 Å². The van der Waals surface area contributed by atoms with Crippen LogP contribution >= 0.6 is 11.6 Å². The monoisotopic (exact) mass is 296 g/mol. The molecule has 2 aromatic carbocycles. The van der Waals surface area contributed by atoms with E-state index in [1.165, 1.54) is 0 Å². The van der Waals surface area contributed by atoms with E-state index in [0.29, 0.717) is 11.1 Å². The number of carbonyl (C=O) groups excluding carboxylic acids is 1. The van der Waals surface area contributed by atoms with E-state index < -0.39 is 17.4 Å². The molecule has 0 atom stereocenters. The van der Waals surface area contributed by atoms with Crippen LogP contribution in [0.2, 0.25) is 5.02 Å². The Morgan fingerprint density at radius 3 is 2.60 bits per heavy atom. The number of hydrogen-bond donors (Lipinski definition) is 0. The highest BCUT2D eigenvalue weighted by Gasteiger charge is 2.12. The minimum atomic E-state index is -0.892. The van der Waals surface area contributed by atoms with Gasteiger partial charge in [-0.05, 0) is 23.8 Å². The molecule has 0 spiro atoms. The van der Waals surface area contributed by atoms with Crippen LogP contribution in [0.3, 0.4) is 0 Å². The summed E-state index contributed by atoms with van der Waals surface area (Å²) in [6, 6.07) is 9.86. The zero-order chi connectivity index (χ0) is 14.5. The topological polar surface area (TPSA) is 26.3 Å². The first-order valence-electron chi connectivity index (χ1n) is 5.87. The summed E-state index contributed by atoms with van der Waals surface area (Å²) in [6.45, 7) is -0.151. The molecule has 0 aliphatic heterocycles. The zero-order valence-corrected chi connectivity index (χ0v) is 11.2. The lowest BCUT2D eigenvalue weighted by molar-refractivity contribution is 0.0722. The molecule has 0 N–H and O–H groups in total. The summed E-state index contributed by atoms with van der Waals surface area (Å²) >= 11 is 5.93. The molecule has 0 aliphatic carbocycles. The van der Waals surface area contributed by atoms with Crippen LogP contribution in [-0.2, 0) is 11.3 Å². The molecule has 0 saturated carbocycles. The fraction of sp³-hybridized carbons (Fsp3) is 0.133. The second-order valence-electron chi connectivity index (χ2n) is 4.13. The average molecular weight is 297 g/mol. The highest BCUT2D eigenvalue weighted by Crippen LogP contribution is 2.16. The number of ether oxygens (including phenoxy) is 1. The number of rotatable bonds is 5. The third-order valence-electron chi connectivity index (χ3n) is 2.68. The first-order chi connectivity index (χ1) is 9.58. The molecule has 0 unspecified atom stereocenters. The molecule has 2 rings (SSSR count). The molecule has 104 valence electrons. The second-order valence-corrected chi connectivity index (χ2v) is 4.54. The van der Waals surface area contributed by atoms with Crippen molar-refractivity contribution in [1.82, 2.24) is 0 Å². The fourth-order valence-electron chi connectivity index (χ4n) is 1.66. The van der Waals surface area contributed by atoms with E-state index in [1.54, 1.807) is 24.3 Å². The van der Waals surface area contributed by atoms with Crippen molar-refractivity contribution in [2.24, 2.45) is 0 Å². The molecule has 20 heavy (non-hydrogen) atoms. The van der Waals surface area contributed by atoms with Crippen molar-refractivity contribution in [1.29, 1.82) is 0 Å². The molecule has 0 heterocycles. The van der Waals surface area contributed by atoms with E-state index >= 15 is 0 Å². The first-order valence-corrected chi connectivity index (χ1v) is 6.25. The average Bonchev–Trinajstić information content (AvgIpc) is 2.40. The van der Waals surface area contributed by atoms with Gasteiger partial charge < -0.3 is 4.74 Å². The smallest absolute Gasteiger partial charge is 0.191 e. The van der Waals surface area contributed by atoms with E-state index in [1.807, 2.05) is 0 Å². The molecule has 0 fully saturated rings. The molecule has 0 radical (unpaired) electrons. The molecule has 0 bridgehead atoms. The van der Waals surface area contributed by atoms with Crippen molar-refractivity contribution in [3.8, 4) is 0 Å². The number of Topliss-reactive ketones (excluding diaryl/α,β-unsaturated/α-hetero) is 1. The standard InChI is InChI=1S/C15H11ClF2O2/c16-13-4-2-1-3-10(13)8-20-9-15(19)12-6-5-11(17)7-14(12)18/h1-7H,8-9H2. The summed E-state index contributed by atoms with van der Waals surface area (Å²) in [6.07, 6.45) is 0. The number of carbonyl (C=O) groups is 1. The van der Waals surface area contributed by atoms with Gasteiger partial charge in [-0.15, -0.1) is 0 Å². The van der Waals surface area contributed by atoms with Crippen molar-refractivity contribution < 1.29 is 18.3 Å². The molecule has 5 heteroatoms. The van der Waals surface area contributed by atoms with Gasteiger partial charge in [0.1, 0.15) is 18.2 Å². The van der Waals surface area contributed by atoms with Gasteiger partial charge in [0.15, 0.2) is 5.78 Å². The van der Waals surface area contributed by atoms with Crippen LogP contribution in [0.5, 0.6) is 0 Å². The summed E-state index contributed by atoms with van der Waals surface area (Å²) in [7, 11) is 0. The Labute approximate surface area is 119 Å². The Balaban J connectivity index is 1.94. The van der Waals surface area contributed by atoms with Crippen molar-refractivity contribution >= 4 is 17.4 Å². The Hall–Kier alpha value is -1.78. The normalized spacial score (nSPS) is 10.6. The molecule has 0 amide bonds. The van der Waals surface area contributed by atoms with E-state index in [9.17, 15) is 13.6 Å². The van der Waals surface area contributed by atoms with E-state index in [0.717, 1.165) is 17.7 Å². The third-order valence-corrected chi connectivity index (χ3v) is 3.05. The van der Waals surface area contributed by atoms with E-state index in [2.05, 4.69) is 0 Å². The van der Waals surface area contributed by atoms with Gasteiger partial charge in [-0.1, -0.05) is 29.8 Å². The van der Waals surface area contributed by atoms with Gasteiger partial charge >= 0.3 is 0 Å². The van der Waals surface area contributed by atoms with Gasteiger partial charge in [-0.2, -0.15) is 0 Å². The quantitative estimate of drug-likeness (QED) is 0.779. The van der Waals surface area contributed by atoms with Crippen molar-refractivity contribution in [2.45, 2.75) is 6.61 Å². The predicted octanol–water partition coefficient (Wildman–Crippen LogP) is 4.02. The number of ketones is 1. The minimum Gasteiger partial charge on any atom is -0.369 e. The molecule has 2 aromatic rings. The van der Waals surface area contributed by atoms with Gasteiger partial charge in [-0.3, -0.25) is 4.79 Å². The van der Waals surface area contributed by atoms with Crippen molar-refractivity contribution in [3.05, 3.63) is 70.2 Å². The number of benzene rings is 2. The molecule has 0 aliphatic rings. The Morgan fingerprint density at radius 2 is 1.90 bits per heavy atom. The molecular formula is C15H11ClF2O2. The lowest BCUT2D eigenvalue weighted by Gasteiger charge is -2.06. The highest BCUT2D eigenvalue weighted by atomic mass is 35.5. The molecule has 0 saturated heterocycles. The Bertz CT molecular complexity index is 629. The van der Waals surface area contributed by atoms with Crippen LogP contribution in [0.25, 0.3) is 0 Å². The van der Waals surface area contributed by atoms with Crippen molar-refractivity contribution in [3.63, 3.8) is 0 Å². The summed E-state index contributed by atoms with van der Waals surface area (Å²) in [5, 5.41) is 0.535. The lowest BCUT2D eigenvalue weighted by atomic mass is 10.1. The second kappa shape index (κ2) is 6.59. The van der Waals surface area contributed by atoms with Crippen LogP contribution in [-0.4, -0.2) is 12.4 Å². The predicted molar refractivity (Wildman–Crippen MR) is 71.8 cm³/mol. The largest absolute Gasteiger partial charge is 0.369 e. The Kier molecular flexibility index (Phi) is 4.82. The number of hydrogen-bond acceptors (Lipinski definition) is 2. The van der Waals surface area contributed by atoms with Crippen molar-refractivity contribution in [2.75, 3.05) is 6.61 Å². The SMILES string of the molecule is O=C(COCc1ccccc1Cl)c1ccc(F)cc1F. The lowest BCUT2D eigenvalue weighted by Crippen LogP contribution is -2.11. The van der Waals surface area contributed by atoms with Crippen LogP contribution < -0.4 is 0 Å². The van der Waals surface area contributed by atoms with Gasteiger partial charge in [0.05, 0.1) is 12.2 Å². The zero-order valence-electron chi connectivity index (χ0n) is 10.4. The van der Waals surface area contributed by atoms with E-state index in [4.69, 9.17) is 16.3 Å². The minimum absolute atomic E-state index is 0.147. The summed E-state index contributed by atoms with van der Waals surface area (Å²) in [5.41, 5.74) is 0.548. The van der Waals surface area contributed by atoms with Crippen LogP contribution in [0, 0.1) is 11.6 Å². The van der Waals surface area contributed by atoms with Crippen LogP contribution in [0.1, 0.15) is 15.9 Å². The Morgan fingerprint density at radius 1 is 1.15 bits per heavy atom. The third kappa shape index (κ3) is 3.62. The van der Waals surface area contributed by atoms with E-state index in [-0.39, 0.29) is 18.8 Å².